The van der Waals surface area contributed by atoms with E-state index < -0.39 is 23.4 Å². The molecule has 0 N–H and O–H groups in total. The van der Waals surface area contributed by atoms with E-state index in [0.717, 1.165) is 10.0 Å². The number of aldehydes is 1. The molecule has 0 fully saturated rings. The third kappa shape index (κ3) is 6.36. The van der Waals surface area contributed by atoms with E-state index in [1.807, 2.05) is 0 Å². The van der Waals surface area contributed by atoms with E-state index in [-0.39, 0.29) is 30.4 Å². The number of ether oxygens (including phenoxy) is 2. The lowest BCUT2D eigenvalue weighted by Gasteiger charge is -2.35. The summed E-state index contributed by atoms with van der Waals surface area (Å²) in [6, 6.07) is 6.46. The molecule has 4 aromatic rings. The van der Waals surface area contributed by atoms with Crippen LogP contribution in [0.4, 0.5) is 9.59 Å². The summed E-state index contributed by atoms with van der Waals surface area (Å²) < 4.78 is 14.0. The summed E-state index contributed by atoms with van der Waals surface area (Å²) >= 11 is 0. The van der Waals surface area contributed by atoms with E-state index >= 15 is 0 Å². The molecular formula is C25H30N10O5. The second-order valence-corrected chi connectivity index (χ2v) is 10.7. The highest BCUT2D eigenvalue weighted by atomic mass is 16.6. The fourth-order valence-corrected chi connectivity index (χ4v) is 3.46. The molecule has 0 aliphatic rings. The molecule has 0 aromatic carbocycles. The Morgan fingerprint density at radius 3 is 1.60 bits per heavy atom. The number of fused-ring (bicyclic) bond motifs is 2. The lowest BCUT2D eigenvalue weighted by Crippen LogP contribution is -2.52. The van der Waals surface area contributed by atoms with Gasteiger partial charge in [0.15, 0.2) is 29.2 Å². The molecule has 0 bridgehead atoms. The number of carbonyl (C=O) groups is 3. The fourth-order valence-electron chi connectivity index (χ4n) is 3.46. The van der Waals surface area contributed by atoms with Gasteiger partial charge >= 0.3 is 12.2 Å². The standard InChI is InChI=1S/C25H30N10O5/c1-8-16-9-11-18-26-28-20(34(18)30-16)13-32(22(37)39-24(2,3)4)33(23(38)40-25(5,6)7)14-21-29-27-19-12-10-17(15-36)31-35(19)21/h8-12,15H,1,13-14H2,2-7H3. The molecule has 4 heterocycles. The van der Waals surface area contributed by atoms with Gasteiger partial charge < -0.3 is 9.47 Å². The van der Waals surface area contributed by atoms with Crippen LogP contribution in [-0.2, 0) is 22.6 Å². The van der Waals surface area contributed by atoms with Crippen molar-refractivity contribution >= 4 is 35.8 Å². The highest BCUT2D eigenvalue weighted by Crippen LogP contribution is 2.20. The van der Waals surface area contributed by atoms with Gasteiger partial charge in [-0.3, -0.25) is 4.79 Å². The van der Waals surface area contributed by atoms with E-state index in [1.54, 1.807) is 65.8 Å². The number of amides is 2. The van der Waals surface area contributed by atoms with Gasteiger partial charge in [-0.15, -0.1) is 20.4 Å². The Morgan fingerprint density at radius 2 is 1.20 bits per heavy atom. The van der Waals surface area contributed by atoms with Crippen LogP contribution in [0.2, 0.25) is 0 Å². The van der Waals surface area contributed by atoms with Crippen molar-refractivity contribution in [1.82, 2.24) is 49.6 Å². The molecule has 15 nitrogen and oxygen atoms in total. The fraction of sp³-hybridized carbons (Fsp3) is 0.400. The molecule has 4 rings (SSSR count). The van der Waals surface area contributed by atoms with Crippen LogP contribution in [0, 0.1) is 0 Å². The maximum Gasteiger partial charge on any atom is 0.429 e. The van der Waals surface area contributed by atoms with Crippen LogP contribution in [-0.4, -0.2) is 79.3 Å². The molecule has 0 spiro atoms. The molecule has 0 saturated carbocycles. The Bertz CT molecular complexity index is 1460. The summed E-state index contributed by atoms with van der Waals surface area (Å²) in [7, 11) is 0. The minimum atomic E-state index is -0.910. The summed E-state index contributed by atoms with van der Waals surface area (Å²) in [6.07, 6.45) is 0.377. The van der Waals surface area contributed by atoms with Crippen LogP contribution in [0.5, 0.6) is 0 Å². The molecule has 0 saturated heterocycles. The molecule has 210 valence electrons. The predicted molar refractivity (Wildman–Crippen MR) is 141 cm³/mol. The summed E-state index contributed by atoms with van der Waals surface area (Å²) in [5.74, 6) is 0.377. The van der Waals surface area contributed by atoms with Gasteiger partial charge in [0.25, 0.3) is 0 Å². The van der Waals surface area contributed by atoms with E-state index in [1.165, 1.54) is 15.1 Å². The molecule has 0 aliphatic carbocycles. The van der Waals surface area contributed by atoms with Crippen molar-refractivity contribution in [2.45, 2.75) is 65.8 Å². The average Bonchev–Trinajstić information content (AvgIpc) is 3.46. The SMILES string of the molecule is C=Cc1ccc2nnc(CN(C(=O)OC(C)(C)C)N(Cc3nnc4ccc(C=O)nn34)C(=O)OC(C)(C)C)n2n1. The Hall–Kier alpha value is -4.95. The minimum Gasteiger partial charge on any atom is -0.442 e. The summed E-state index contributed by atoms with van der Waals surface area (Å²) in [5.41, 5.74) is -0.389. The Labute approximate surface area is 229 Å². The quantitative estimate of drug-likeness (QED) is 0.256. The molecule has 2 amide bonds. The van der Waals surface area contributed by atoms with Crippen molar-refractivity contribution in [2.75, 3.05) is 0 Å². The number of hydrogen-bond acceptors (Lipinski definition) is 11. The van der Waals surface area contributed by atoms with Crippen molar-refractivity contribution in [3.8, 4) is 0 Å². The molecular weight excluding hydrogens is 520 g/mol. The summed E-state index contributed by atoms with van der Waals surface area (Å²) in [4.78, 5) is 38.5. The molecule has 0 unspecified atom stereocenters. The van der Waals surface area contributed by atoms with Gasteiger partial charge in [0.1, 0.15) is 30.0 Å². The van der Waals surface area contributed by atoms with Gasteiger partial charge in [0, 0.05) is 0 Å². The average molecular weight is 551 g/mol. The Kier molecular flexibility index (Phi) is 7.48. The van der Waals surface area contributed by atoms with Crippen LogP contribution in [0.3, 0.4) is 0 Å². The van der Waals surface area contributed by atoms with Gasteiger partial charge in [-0.05, 0) is 71.9 Å². The van der Waals surface area contributed by atoms with Crippen LogP contribution in [0.1, 0.15) is 69.4 Å². The Balaban J connectivity index is 1.82. The van der Waals surface area contributed by atoms with Crippen LogP contribution < -0.4 is 0 Å². The van der Waals surface area contributed by atoms with Crippen LogP contribution >= 0.6 is 0 Å². The van der Waals surface area contributed by atoms with Crippen LogP contribution in [0.25, 0.3) is 17.4 Å². The first-order valence-corrected chi connectivity index (χ1v) is 12.3. The number of aromatic nitrogens is 8. The molecule has 0 radical (unpaired) electrons. The molecule has 40 heavy (non-hydrogen) atoms. The predicted octanol–water partition coefficient (Wildman–Crippen LogP) is 3.11. The third-order valence-corrected chi connectivity index (χ3v) is 5.11. The van der Waals surface area contributed by atoms with E-state index in [2.05, 4.69) is 37.2 Å². The first-order chi connectivity index (χ1) is 18.8. The molecule has 4 aromatic heterocycles. The summed E-state index contributed by atoms with van der Waals surface area (Å²) in [6.45, 7) is 13.3. The molecule has 15 heteroatoms. The van der Waals surface area contributed by atoms with E-state index in [9.17, 15) is 14.4 Å². The normalized spacial score (nSPS) is 11.8. The third-order valence-electron chi connectivity index (χ3n) is 5.11. The Morgan fingerprint density at radius 1 is 0.775 bits per heavy atom. The van der Waals surface area contributed by atoms with Gasteiger partial charge in [0.05, 0.1) is 5.69 Å². The van der Waals surface area contributed by atoms with Crippen molar-refractivity contribution in [3.63, 3.8) is 0 Å². The number of hydrogen-bond donors (Lipinski definition) is 0. The largest absolute Gasteiger partial charge is 0.442 e. The first kappa shape index (κ1) is 28.1. The number of nitrogens with zero attached hydrogens (tertiary/aromatic N) is 10. The number of rotatable bonds is 6. The zero-order chi connectivity index (χ0) is 29.2. The van der Waals surface area contributed by atoms with Crippen LogP contribution in [0.15, 0.2) is 30.8 Å². The van der Waals surface area contributed by atoms with Gasteiger partial charge in [-0.25, -0.2) is 19.6 Å². The topological polar surface area (TPSA) is 162 Å². The van der Waals surface area contributed by atoms with E-state index in [0.29, 0.717) is 23.3 Å². The number of hydrazine groups is 1. The highest BCUT2D eigenvalue weighted by Gasteiger charge is 2.35. The number of carbonyl (C=O) groups excluding carboxylic acids is 3. The maximum atomic E-state index is 13.6. The van der Waals surface area contributed by atoms with Gasteiger partial charge in [0.2, 0.25) is 0 Å². The monoisotopic (exact) mass is 550 g/mol. The highest BCUT2D eigenvalue weighted by molar-refractivity contribution is 5.75. The zero-order valence-corrected chi connectivity index (χ0v) is 23.1. The smallest absolute Gasteiger partial charge is 0.429 e. The second-order valence-electron chi connectivity index (χ2n) is 10.7. The van der Waals surface area contributed by atoms with Crippen molar-refractivity contribution in [2.24, 2.45) is 0 Å². The van der Waals surface area contributed by atoms with Gasteiger partial charge in [-0.2, -0.15) is 19.2 Å². The summed E-state index contributed by atoms with van der Waals surface area (Å²) in [5, 5.41) is 27.2. The van der Waals surface area contributed by atoms with Gasteiger partial charge in [-0.1, -0.05) is 6.58 Å². The maximum absolute atomic E-state index is 13.6. The van der Waals surface area contributed by atoms with Crippen molar-refractivity contribution in [1.29, 1.82) is 0 Å². The van der Waals surface area contributed by atoms with E-state index in [4.69, 9.17) is 9.47 Å². The first-order valence-electron chi connectivity index (χ1n) is 12.3. The second kappa shape index (κ2) is 10.7. The van der Waals surface area contributed by atoms with Crippen molar-refractivity contribution < 1.29 is 23.9 Å². The minimum absolute atomic E-state index is 0.125. The zero-order valence-electron chi connectivity index (χ0n) is 23.1. The molecule has 0 atom stereocenters. The van der Waals surface area contributed by atoms with Crippen molar-refractivity contribution in [3.05, 3.63) is 53.9 Å². The lowest BCUT2D eigenvalue weighted by molar-refractivity contribution is -0.0719. The lowest BCUT2D eigenvalue weighted by atomic mass is 10.2. The molecule has 0 aliphatic heterocycles.